The first-order valence-corrected chi connectivity index (χ1v) is 13.9. The first-order chi connectivity index (χ1) is 19.2. The average Bonchev–Trinajstić information content (AvgIpc) is 3.67. The van der Waals surface area contributed by atoms with Gasteiger partial charge in [0.15, 0.2) is 5.82 Å². The summed E-state index contributed by atoms with van der Waals surface area (Å²) in [6.45, 7) is 1.98. The number of nitrogens with one attached hydrogen (secondary N) is 1. The Labute approximate surface area is 227 Å². The van der Waals surface area contributed by atoms with Gasteiger partial charge in [0.05, 0.1) is 19.3 Å². The van der Waals surface area contributed by atoms with Crippen molar-refractivity contribution in [1.82, 2.24) is 35.1 Å². The maximum atomic E-state index is 13.8. The molecular formula is C29H35N7O3. The summed E-state index contributed by atoms with van der Waals surface area (Å²) < 4.78 is 13.5. The lowest BCUT2D eigenvalue weighted by molar-refractivity contribution is 0.0567. The molecule has 3 aromatic heterocycles. The summed E-state index contributed by atoms with van der Waals surface area (Å²) in [4.78, 5) is 23.5. The summed E-state index contributed by atoms with van der Waals surface area (Å²) in [5.74, 6) is 1.42. The lowest BCUT2D eigenvalue weighted by atomic mass is 9.95. The SMILES string of the molecule is COc1ccc2[nH]c(=O)c([C@@H](c3nnnn3C3CCCCC3)N(Cc3cccnc3)C[C@H]3CCCO3)cc2c1. The van der Waals surface area contributed by atoms with Gasteiger partial charge in [-0.1, -0.05) is 25.3 Å². The van der Waals surface area contributed by atoms with Crippen LogP contribution >= 0.6 is 0 Å². The molecule has 4 aromatic rings. The van der Waals surface area contributed by atoms with E-state index in [1.165, 1.54) is 6.42 Å². The molecule has 0 radical (unpaired) electrons. The minimum Gasteiger partial charge on any atom is -0.497 e. The van der Waals surface area contributed by atoms with E-state index in [1.807, 2.05) is 41.2 Å². The summed E-state index contributed by atoms with van der Waals surface area (Å²) in [6.07, 6.45) is 11.3. The summed E-state index contributed by atoms with van der Waals surface area (Å²) in [5, 5.41) is 14.1. The van der Waals surface area contributed by atoms with Crippen LogP contribution in [0, 0.1) is 0 Å². The van der Waals surface area contributed by atoms with E-state index < -0.39 is 6.04 Å². The van der Waals surface area contributed by atoms with Crippen molar-refractivity contribution in [3.8, 4) is 5.75 Å². The van der Waals surface area contributed by atoms with Crippen LogP contribution in [0.1, 0.15) is 74.0 Å². The van der Waals surface area contributed by atoms with Crippen LogP contribution in [0.25, 0.3) is 10.9 Å². The topological polar surface area (TPSA) is 111 Å². The lowest BCUT2D eigenvalue weighted by Crippen LogP contribution is -2.39. The Balaban J connectivity index is 1.50. The zero-order valence-corrected chi connectivity index (χ0v) is 22.3. The molecule has 2 aliphatic rings. The van der Waals surface area contributed by atoms with Gasteiger partial charge in [-0.05, 0) is 72.0 Å². The quantitative estimate of drug-likeness (QED) is 0.344. The van der Waals surface area contributed by atoms with Crippen LogP contribution in [0.15, 0.2) is 53.6 Å². The van der Waals surface area contributed by atoms with E-state index in [2.05, 4.69) is 36.5 Å². The van der Waals surface area contributed by atoms with Crippen LogP contribution in [-0.4, -0.2) is 61.4 Å². The van der Waals surface area contributed by atoms with E-state index in [0.717, 1.165) is 67.3 Å². The van der Waals surface area contributed by atoms with Crippen LogP contribution in [0.4, 0.5) is 0 Å². The predicted octanol–water partition coefficient (Wildman–Crippen LogP) is 4.19. The summed E-state index contributed by atoms with van der Waals surface area (Å²) in [5.41, 5.74) is 2.26. The fraction of sp³-hybridized carbons (Fsp3) is 0.483. The van der Waals surface area contributed by atoms with Crippen molar-refractivity contribution in [1.29, 1.82) is 0 Å². The first-order valence-electron chi connectivity index (χ1n) is 13.9. The second-order valence-corrected chi connectivity index (χ2v) is 10.6. The van der Waals surface area contributed by atoms with Crippen molar-refractivity contribution in [2.75, 3.05) is 20.3 Å². The maximum Gasteiger partial charge on any atom is 0.253 e. The van der Waals surface area contributed by atoms with Gasteiger partial charge in [0, 0.05) is 48.6 Å². The van der Waals surface area contributed by atoms with Gasteiger partial charge in [0.2, 0.25) is 0 Å². The minimum absolute atomic E-state index is 0.0721. The molecule has 39 heavy (non-hydrogen) atoms. The van der Waals surface area contributed by atoms with E-state index in [1.54, 1.807) is 13.3 Å². The minimum atomic E-state index is -0.481. The van der Waals surface area contributed by atoms with E-state index in [9.17, 15) is 4.79 Å². The number of hydrogen-bond acceptors (Lipinski definition) is 8. The summed E-state index contributed by atoms with van der Waals surface area (Å²) >= 11 is 0. The molecule has 6 rings (SSSR count). The summed E-state index contributed by atoms with van der Waals surface area (Å²) in [7, 11) is 1.64. The number of hydrogen-bond donors (Lipinski definition) is 1. The Hall–Kier alpha value is -3.63. The van der Waals surface area contributed by atoms with Gasteiger partial charge in [-0.15, -0.1) is 5.10 Å². The number of aromatic nitrogens is 6. The van der Waals surface area contributed by atoms with Crippen LogP contribution in [0.2, 0.25) is 0 Å². The molecule has 204 valence electrons. The number of pyridine rings is 2. The van der Waals surface area contributed by atoms with Gasteiger partial charge in [-0.3, -0.25) is 14.7 Å². The Bertz CT molecular complexity index is 1440. The molecule has 4 heterocycles. The number of methoxy groups -OCH3 is 1. The molecule has 1 N–H and O–H groups in total. The van der Waals surface area contributed by atoms with Crippen molar-refractivity contribution >= 4 is 10.9 Å². The number of ether oxygens (including phenoxy) is 2. The molecule has 2 fully saturated rings. The molecule has 10 heteroatoms. The summed E-state index contributed by atoms with van der Waals surface area (Å²) in [6, 6.07) is 11.4. The third kappa shape index (κ3) is 5.58. The second-order valence-electron chi connectivity index (χ2n) is 10.6. The van der Waals surface area contributed by atoms with Gasteiger partial charge in [0.1, 0.15) is 11.8 Å². The van der Waals surface area contributed by atoms with Gasteiger partial charge in [-0.25, -0.2) is 4.68 Å². The highest BCUT2D eigenvalue weighted by Crippen LogP contribution is 2.34. The Morgan fingerprint density at radius 1 is 1.15 bits per heavy atom. The number of nitrogens with zero attached hydrogens (tertiary/aromatic N) is 6. The van der Waals surface area contributed by atoms with Gasteiger partial charge >= 0.3 is 0 Å². The Morgan fingerprint density at radius 3 is 2.82 bits per heavy atom. The van der Waals surface area contributed by atoms with Crippen molar-refractivity contribution in [2.24, 2.45) is 0 Å². The van der Waals surface area contributed by atoms with Gasteiger partial charge < -0.3 is 14.5 Å². The number of tetrazole rings is 1. The molecule has 10 nitrogen and oxygen atoms in total. The molecule has 0 unspecified atom stereocenters. The third-order valence-electron chi connectivity index (χ3n) is 7.99. The fourth-order valence-corrected chi connectivity index (χ4v) is 6.03. The highest BCUT2D eigenvalue weighted by Gasteiger charge is 2.35. The van der Waals surface area contributed by atoms with Crippen LogP contribution in [0.3, 0.4) is 0 Å². The molecule has 1 aliphatic carbocycles. The first kappa shape index (κ1) is 25.6. The largest absolute Gasteiger partial charge is 0.497 e. The van der Waals surface area contributed by atoms with Crippen LogP contribution < -0.4 is 10.3 Å². The zero-order valence-electron chi connectivity index (χ0n) is 22.3. The van der Waals surface area contributed by atoms with Gasteiger partial charge in [0.25, 0.3) is 5.56 Å². The smallest absolute Gasteiger partial charge is 0.253 e. The van der Waals surface area contributed by atoms with E-state index in [-0.39, 0.29) is 17.7 Å². The molecule has 1 aliphatic heterocycles. The average molecular weight is 530 g/mol. The van der Waals surface area contributed by atoms with Crippen LogP contribution in [0.5, 0.6) is 5.75 Å². The van der Waals surface area contributed by atoms with E-state index in [4.69, 9.17) is 9.47 Å². The number of fused-ring (bicyclic) bond motifs is 1. The molecule has 0 spiro atoms. The molecule has 1 aromatic carbocycles. The molecule has 0 amide bonds. The number of aromatic amines is 1. The molecule has 1 saturated heterocycles. The Kier molecular flexibility index (Phi) is 7.64. The van der Waals surface area contributed by atoms with E-state index in [0.29, 0.717) is 24.5 Å². The predicted molar refractivity (Wildman–Crippen MR) is 147 cm³/mol. The number of benzene rings is 1. The van der Waals surface area contributed by atoms with Crippen molar-refractivity contribution in [3.05, 3.63) is 76.1 Å². The van der Waals surface area contributed by atoms with Gasteiger partial charge in [-0.2, -0.15) is 0 Å². The zero-order chi connectivity index (χ0) is 26.6. The molecule has 0 bridgehead atoms. The van der Waals surface area contributed by atoms with Crippen molar-refractivity contribution in [2.45, 2.75) is 69.7 Å². The second kappa shape index (κ2) is 11.6. The number of rotatable bonds is 9. The highest BCUT2D eigenvalue weighted by molar-refractivity contribution is 5.80. The monoisotopic (exact) mass is 529 g/mol. The number of H-pyrrole nitrogens is 1. The third-order valence-corrected chi connectivity index (χ3v) is 7.99. The van der Waals surface area contributed by atoms with Crippen molar-refractivity contribution in [3.63, 3.8) is 0 Å². The lowest BCUT2D eigenvalue weighted by Gasteiger charge is -2.34. The highest BCUT2D eigenvalue weighted by atomic mass is 16.5. The normalized spacial score (nSPS) is 19.1. The standard InChI is InChI=1S/C29H35N7O3/c1-38-23-11-12-26-21(15-23)16-25(29(37)31-26)27(28-32-33-34-36(28)22-8-3-2-4-9-22)35(19-24-10-6-14-39-24)18-20-7-5-13-30-17-20/h5,7,11-13,15-17,22,24,27H,2-4,6,8-10,14,18-19H2,1H3,(H,31,37)/t24-,27+/m1/s1. The Morgan fingerprint density at radius 2 is 2.05 bits per heavy atom. The molecular weight excluding hydrogens is 494 g/mol. The maximum absolute atomic E-state index is 13.8. The fourth-order valence-electron chi connectivity index (χ4n) is 6.03. The van der Waals surface area contributed by atoms with Crippen molar-refractivity contribution < 1.29 is 9.47 Å². The molecule has 1 saturated carbocycles. The molecule has 2 atom stereocenters. The van der Waals surface area contributed by atoms with E-state index >= 15 is 0 Å². The van der Waals surface area contributed by atoms with Crippen LogP contribution in [-0.2, 0) is 11.3 Å².